The summed E-state index contributed by atoms with van der Waals surface area (Å²) in [5.74, 6) is 2.20. The number of piperidine rings is 1. The number of carbonyl (C=O) groups excluding carboxylic acids is 1. The fourth-order valence-corrected chi connectivity index (χ4v) is 4.37. The fraction of sp³-hybridized carbons (Fsp3) is 0.524. The third-order valence-electron chi connectivity index (χ3n) is 5.84. The van der Waals surface area contributed by atoms with E-state index in [4.69, 9.17) is 9.47 Å². The molecule has 2 aromatic rings. The van der Waals surface area contributed by atoms with E-state index in [-0.39, 0.29) is 17.9 Å². The van der Waals surface area contributed by atoms with Crippen molar-refractivity contribution in [2.75, 3.05) is 40.5 Å². The van der Waals surface area contributed by atoms with Crippen LogP contribution in [0.2, 0.25) is 0 Å². The number of hydrogen-bond donors (Lipinski definition) is 0. The van der Waals surface area contributed by atoms with Crippen LogP contribution in [0, 0.1) is 5.92 Å². The first-order valence-electron chi connectivity index (χ1n) is 9.88. The summed E-state index contributed by atoms with van der Waals surface area (Å²) in [6.45, 7) is 3.70. The lowest BCUT2D eigenvalue weighted by molar-refractivity contribution is -0.140. The van der Waals surface area contributed by atoms with Gasteiger partial charge in [0.25, 0.3) is 0 Å². The van der Waals surface area contributed by atoms with E-state index in [2.05, 4.69) is 14.5 Å². The third-order valence-corrected chi connectivity index (χ3v) is 5.84. The fourth-order valence-electron chi connectivity index (χ4n) is 4.37. The molecule has 3 saturated heterocycles. The van der Waals surface area contributed by atoms with Gasteiger partial charge in [0.05, 0.1) is 26.2 Å². The van der Waals surface area contributed by atoms with E-state index in [0.717, 1.165) is 49.7 Å². The number of ether oxygens (including phenoxy) is 2. The highest BCUT2D eigenvalue weighted by Crippen LogP contribution is 2.30. The number of amides is 1. The summed E-state index contributed by atoms with van der Waals surface area (Å²) in [7, 11) is 3.36. The van der Waals surface area contributed by atoms with Crippen molar-refractivity contribution < 1.29 is 14.3 Å². The first kappa shape index (κ1) is 19.0. The van der Waals surface area contributed by atoms with Crippen LogP contribution >= 0.6 is 0 Å². The second-order valence-electron chi connectivity index (χ2n) is 7.56. The second-order valence-corrected chi connectivity index (χ2v) is 7.56. The Morgan fingerprint density at radius 1 is 1.14 bits per heavy atom. The number of benzene rings is 1. The third kappa shape index (κ3) is 3.77. The minimum atomic E-state index is 0.0833. The van der Waals surface area contributed by atoms with Crippen molar-refractivity contribution in [3.63, 3.8) is 0 Å². The minimum absolute atomic E-state index is 0.0833. The Bertz CT molecular complexity index is 804. The summed E-state index contributed by atoms with van der Waals surface area (Å²) in [5, 5.41) is 0. The summed E-state index contributed by atoms with van der Waals surface area (Å²) in [5.41, 5.74) is 1.06. The van der Waals surface area contributed by atoms with Gasteiger partial charge in [0.15, 0.2) is 0 Å². The number of carbonyl (C=O) groups is 1. The normalized spacial score (nSPS) is 22.5. The van der Waals surface area contributed by atoms with Gasteiger partial charge in [-0.3, -0.25) is 9.69 Å². The van der Waals surface area contributed by atoms with Gasteiger partial charge >= 0.3 is 0 Å². The lowest BCUT2D eigenvalue weighted by Crippen LogP contribution is -2.49. The molecular formula is C21H28N4O3. The Morgan fingerprint density at radius 3 is 2.71 bits per heavy atom. The molecule has 4 heterocycles. The van der Waals surface area contributed by atoms with Crippen LogP contribution in [0.5, 0.6) is 5.75 Å². The van der Waals surface area contributed by atoms with Crippen LogP contribution in [0.4, 0.5) is 0 Å². The molecule has 28 heavy (non-hydrogen) atoms. The van der Waals surface area contributed by atoms with E-state index in [0.29, 0.717) is 13.2 Å². The Kier molecular flexibility index (Phi) is 5.64. The van der Waals surface area contributed by atoms with Crippen molar-refractivity contribution in [3.8, 4) is 11.4 Å². The van der Waals surface area contributed by atoms with E-state index < -0.39 is 0 Å². The smallest absolute Gasteiger partial charge is 0.227 e. The van der Waals surface area contributed by atoms with Crippen molar-refractivity contribution in [2.45, 2.75) is 25.4 Å². The van der Waals surface area contributed by atoms with Crippen molar-refractivity contribution in [1.82, 2.24) is 19.4 Å². The average molecular weight is 384 g/mol. The maximum atomic E-state index is 12.8. The highest BCUT2D eigenvalue weighted by atomic mass is 16.5. The molecule has 3 aliphatic heterocycles. The van der Waals surface area contributed by atoms with Gasteiger partial charge in [-0.1, -0.05) is 0 Å². The van der Waals surface area contributed by atoms with Gasteiger partial charge in [-0.05, 0) is 37.1 Å². The lowest BCUT2D eigenvalue weighted by atomic mass is 9.94. The summed E-state index contributed by atoms with van der Waals surface area (Å²) in [6, 6.07) is 8.25. The average Bonchev–Trinajstić information content (AvgIpc) is 3.02. The van der Waals surface area contributed by atoms with E-state index in [9.17, 15) is 4.79 Å². The number of aromatic nitrogens is 2. The topological polar surface area (TPSA) is 59.8 Å². The largest absolute Gasteiger partial charge is 0.497 e. The SMILES string of the molecule is COCCN1C(=O)[C@H]2CC[C@@H]1CN(Cc1nccn1-c1ccc(OC)cc1)C2. The number of methoxy groups -OCH3 is 2. The number of nitrogens with zero attached hydrogens (tertiary/aromatic N) is 4. The Labute approximate surface area is 165 Å². The molecule has 7 nitrogen and oxygen atoms in total. The maximum absolute atomic E-state index is 12.8. The summed E-state index contributed by atoms with van der Waals surface area (Å²) < 4.78 is 12.6. The molecule has 2 atom stereocenters. The molecule has 0 unspecified atom stereocenters. The monoisotopic (exact) mass is 384 g/mol. The number of hydrogen-bond acceptors (Lipinski definition) is 5. The molecule has 5 rings (SSSR count). The van der Waals surface area contributed by atoms with Crippen LogP contribution in [0.3, 0.4) is 0 Å². The summed E-state index contributed by atoms with van der Waals surface area (Å²) in [4.78, 5) is 21.8. The molecule has 7 heteroatoms. The molecule has 3 aliphatic rings. The Morgan fingerprint density at radius 2 is 1.96 bits per heavy atom. The Balaban J connectivity index is 1.50. The predicted molar refractivity (Wildman–Crippen MR) is 105 cm³/mol. The number of rotatable bonds is 7. The molecule has 1 aromatic carbocycles. The van der Waals surface area contributed by atoms with Crippen LogP contribution in [0.1, 0.15) is 18.7 Å². The van der Waals surface area contributed by atoms with Crippen LogP contribution in [0.15, 0.2) is 36.7 Å². The van der Waals surface area contributed by atoms with Gasteiger partial charge in [0, 0.05) is 50.9 Å². The molecule has 3 fully saturated rings. The van der Waals surface area contributed by atoms with Crippen molar-refractivity contribution in [2.24, 2.45) is 5.92 Å². The molecule has 0 spiro atoms. The van der Waals surface area contributed by atoms with E-state index >= 15 is 0 Å². The van der Waals surface area contributed by atoms with Crippen LogP contribution in [-0.4, -0.2) is 71.8 Å². The molecule has 1 aromatic heterocycles. The van der Waals surface area contributed by atoms with E-state index in [1.54, 1.807) is 14.2 Å². The van der Waals surface area contributed by atoms with Gasteiger partial charge in [0.1, 0.15) is 11.6 Å². The van der Waals surface area contributed by atoms with Gasteiger partial charge in [-0.2, -0.15) is 0 Å². The standard InChI is InChI=1S/C21H28N4O3/c1-27-12-11-25-18-4-3-16(21(25)26)13-23(14-18)15-20-22-9-10-24(20)17-5-7-19(28-2)8-6-17/h5-10,16,18H,3-4,11-15H2,1-2H3/t16-,18+/m0/s1. The summed E-state index contributed by atoms with van der Waals surface area (Å²) in [6.07, 6.45) is 5.88. The molecule has 0 radical (unpaired) electrons. The molecule has 2 bridgehead atoms. The van der Waals surface area contributed by atoms with Gasteiger partial charge in [-0.15, -0.1) is 0 Å². The number of imidazole rings is 1. The lowest BCUT2D eigenvalue weighted by Gasteiger charge is -2.35. The maximum Gasteiger partial charge on any atom is 0.227 e. The van der Waals surface area contributed by atoms with Crippen LogP contribution < -0.4 is 4.74 Å². The zero-order valence-corrected chi connectivity index (χ0v) is 16.6. The molecule has 150 valence electrons. The van der Waals surface area contributed by atoms with Crippen molar-refractivity contribution >= 4 is 5.91 Å². The first-order valence-corrected chi connectivity index (χ1v) is 9.88. The van der Waals surface area contributed by atoms with Crippen LogP contribution in [-0.2, 0) is 16.1 Å². The highest BCUT2D eigenvalue weighted by molar-refractivity contribution is 5.80. The number of fused-ring (bicyclic) bond motifs is 4. The van der Waals surface area contributed by atoms with Gasteiger partial charge < -0.3 is 18.9 Å². The van der Waals surface area contributed by atoms with Gasteiger partial charge in [-0.25, -0.2) is 4.98 Å². The predicted octanol–water partition coefficient (Wildman–Crippen LogP) is 1.95. The van der Waals surface area contributed by atoms with Crippen molar-refractivity contribution in [3.05, 3.63) is 42.5 Å². The van der Waals surface area contributed by atoms with E-state index in [1.165, 1.54) is 0 Å². The minimum Gasteiger partial charge on any atom is -0.497 e. The summed E-state index contributed by atoms with van der Waals surface area (Å²) >= 11 is 0. The van der Waals surface area contributed by atoms with Crippen LogP contribution in [0.25, 0.3) is 5.69 Å². The highest BCUT2D eigenvalue weighted by Gasteiger charge is 2.40. The molecule has 1 amide bonds. The zero-order chi connectivity index (χ0) is 19.5. The molecule has 0 saturated carbocycles. The van der Waals surface area contributed by atoms with E-state index in [1.807, 2.05) is 41.6 Å². The van der Waals surface area contributed by atoms with Gasteiger partial charge in [0.2, 0.25) is 5.91 Å². The first-order chi connectivity index (χ1) is 13.7. The second kappa shape index (κ2) is 8.32. The zero-order valence-electron chi connectivity index (χ0n) is 16.6. The molecular weight excluding hydrogens is 356 g/mol. The molecule has 0 N–H and O–H groups in total. The quantitative estimate of drug-likeness (QED) is 0.730. The Hall–Kier alpha value is -2.38. The van der Waals surface area contributed by atoms with Crippen molar-refractivity contribution in [1.29, 1.82) is 0 Å². The molecule has 0 aliphatic carbocycles.